The molecule has 1 atom stereocenters. The Labute approximate surface area is 135 Å². The number of nitrogens with one attached hydrogen (secondary N) is 1. The van der Waals surface area contributed by atoms with E-state index in [1.54, 1.807) is 0 Å². The molecule has 0 aliphatic carbocycles. The number of carbonyl (C=O) groups excluding carboxylic acids is 1. The Morgan fingerprint density at radius 3 is 2.87 bits per heavy atom. The molecule has 0 radical (unpaired) electrons. The van der Waals surface area contributed by atoms with Gasteiger partial charge in [-0.15, -0.1) is 0 Å². The molecule has 0 unspecified atom stereocenters. The summed E-state index contributed by atoms with van der Waals surface area (Å²) in [6.07, 6.45) is 1.01. The zero-order valence-electron chi connectivity index (χ0n) is 13.1. The smallest absolute Gasteiger partial charge is 0.275 e. The number of aryl methyl sites for hydroxylation is 1. The van der Waals surface area contributed by atoms with Crippen LogP contribution in [-0.2, 0) is 0 Å². The number of H-pyrrole nitrogens is 1. The second-order valence-corrected chi connectivity index (χ2v) is 6.27. The number of hydrogen-bond acceptors (Lipinski definition) is 2. The van der Waals surface area contributed by atoms with E-state index < -0.39 is 0 Å². The van der Waals surface area contributed by atoms with E-state index in [2.05, 4.69) is 34.5 Å². The number of likely N-dealkylation sites (tertiary alicyclic amines) is 1. The van der Waals surface area contributed by atoms with E-state index >= 15 is 0 Å². The number of aromatic nitrogens is 2. The highest BCUT2D eigenvalue weighted by atomic mass is 16.2. The molecule has 1 aromatic heterocycles. The maximum absolute atomic E-state index is 12.9. The van der Waals surface area contributed by atoms with Crippen molar-refractivity contribution >= 4 is 16.8 Å². The van der Waals surface area contributed by atoms with Gasteiger partial charge in [0.15, 0.2) is 5.69 Å². The molecule has 3 aromatic rings. The quantitative estimate of drug-likeness (QED) is 0.787. The zero-order chi connectivity index (χ0) is 15.8. The van der Waals surface area contributed by atoms with Crippen LogP contribution in [0.25, 0.3) is 10.9 Å². The minimum absolute atomic E-state index is 0.0280. The first-order valence-electron chi connectivity index (χ1n) is 8.01. The average molecular weight is 305 g/mol. The molecule has 0 saturated carbocycles. The lowest BCUT2D eigenvalue weighted by atomic mass is 9.99. The first-order chi connectivity index (χ1) is 11.2. The Morgan fingerprint density at radius 1 is 1.22 bits per heavy atom. The van der Waals surface area contributed by atoms with Crippen LogP contribution in [0.1, 0.15) is 34.0 Å². The van der Waals surface area contributed by atoms with Gasteiger partial charge in [0, 0.05) is 24.4 Å². The molecule has 1 saturated heterocycles. The predicted octanol–water partition coefficient (Wildman–Crippen LogP) is 3.50. The maximum atomic E-state index is 12.9. The van der Waals surface area contributed by atoms with Crippen LogP contribution in [0.3, 0.4) is 0 Å². The van der Waals surface area contributed by atoms with Gasteiger partial charge in [-0.05, 0) is 31.0 Å². The summed E-state index contributed by atoms with van der Waals surface area (Å²) in [5, 5.41) is 8.14. The monoisotopic (exact) mass is 305 g/mol. The summed E-state index contributed by atoms with van der Waals surface area (Å²) in [5.41, 5.74) is 3.90. The first kappa shape index (κ1) is 14.0. The number of benzene rings is 2. The van der Waals surface area contributed by atoms with Gasteiger partial charge in [-0.25, -0.2) is 0 Å². The van der Waals surface area contributed by atoms with Gasteiger partial charge >= 0.3 is 0 Å². The van der Waals surface area contributed by atoms with Crippen molar-refractivity contribution in [1.82, 2.24) is 15.1 Å². The molecular formula is C19H19N3O. The van der Waals surface area contributed by atoms with Crippen molar-refractivity contribution in [2.75, 3.05) is 13.1 Å². The normalized spacial score (nSPS) is 17.8. The number of fused-ring (bicyclic) bond motifs is 1. The SMILES string of the molecule is Cc1ccc2[nH]nc(C(=O)N3CC[C@H](c4ccccc4)C3)c2c1. The zero-order valence-corrected chi connectivity index (χ0v) is 13.1. The van der Waals surface area contributed by atoms with Crippen LogP contribution in [0.4, 0.5) is 0 Å². The Morgan fingerprint density at radius 2 is 2.04 bits per heavy atom. The van der Waals surface area contributed by atoms with Crippen LogP contribution in [0.2, 0.25) is 0 Å². The highest BCUT2D eigenvalue weighted by Gasteiger charge is 2.29. The summed E-state index contributed by atoms with van der Waals surface area (Å²) < 4.78 is 0. The second kappa shape index (κ2) is 5.54. The summed E-state index contributed by atoms with van der Waals surface area (Å²) in [5.74, 6) is 0.451. The van der Waals surface area contributed by atoms with Crippen LogP contribution in [-0.4, -0.2) is 34.1 Å². The molecule has 23 heavy (non-hydrogen) atoms. The van der Waals surface area contributed by atoms with Gasteiger partial charge in [0.05, 0.1) is 5.52 Å². The van der Waals surface area contributed by atoms with Crippen LogP contribution in [0.15, 0.2) is 48.5 Å². The summed E-state index contributed by atoms with van der Waals surface area (Å²) in [4.78, 5) is 14.8. The number of nitrogens with zero attached hydrogens (tertiary/aromatic N) is 2. The van der Waals surface area contributed by atoms with E-state index in [0.717, 1.165) is 36.0 Å². The Balaban J connectivity index is 1.59. The van der Waals surface area contributed by atoms with E-state index in [1.807, 2.05) is 36.1 Å². The van der Waals surface area contributed by atoms with Gasteiger partial charge in [-0.3, -0.25) is 9.89 Å². The Hall–Kier alpha value is -2.62. The molecule has 1 aliphatic rings. The summed E-state index contributed by atoms with van der Waals surface area (Å²) in [6.45, 7) is 3.59. The lowest BCUT2D eigenvalue weighted by Gasteiger charge is -2.15. The molecule has 2 heterocycles. The predicted molar refractivity (Wildman–Crippen MR) is 90.5 cm³/mol. The van der Waals surface area contributed by atoms with Crippen LogP contribution < -0.4 is 0 Å². The molecule has 4 rings (SSSR count). The topological polar surface area (TPSA) is 49.0 Å². The number of carbonyl (C=O) groups is 1. The lowest BCUT2D eigenvalue weighted by molar-refractivity contribution is 0.0787. The fourth-order valence-corrected chi connectivity index (χ4v) is 3.38. The van der Waals surface area contributed by atoms with E-state index in [1.165, 1.54) is 5.56 Å². The summed E-state index contributed by atoms with van der Waals surface area (Å²) >= 11 is 0. The highest BCUT2D eigenvalue weighted by Crippen LogP contribution is 2.29. The van der Waals surface area contributed by atoms with Crippen molar-refractivity contribution in [3.8, 4) is 0 Å². The number of rotatable bonds is 2. The van der Waals surface area contributed by atoms with Crippen molar-refractivity contribution in [2.45, 2.75) is 19.3 Å². The van der Waals surface area contributed by atoms with Crippen LogP contribution in [0, 0.1) is 6.92 Å². The highest BCUT2D eigenvalue weighted by molar-refractivity contribution is 6.04. The fourth-order valence-electron chi connectivity index (χ4n) is 3.38. The van der Waals surface area contributed by atoms with Crippen molar-refractivity contribution < 1.29 is 4.79 Å². The number of amides is 1. The van der Waals surface area contributed by atoms with Crippen LogP contribution >= 0.6 is 0 Å². The molecule has 4 heteroatoms. The molecule has 1 N–H and O–H groups in total. The molecule has 0 spiro atoms. The van der Waals surface area contributed by atoms with Gasteiger partial charge in [0.2, 0.25) is 0 Å². The van der Waals surface area contributed by atoms with E-state index in [4.69, 9.17) is 0 Å². The Kier molecular flexibility index (Phi) is 3.37. The Bertz CT molecular complexity index is 853. The maximum Gasteiger partial charge on any atom is 0.275 e. The number of hydrogen-bond donors (Lipinski definition) is 1. The van der Waals surface area contributed by atoms with E-state index in [9.17, 15) is 4.79 Å². The van der Waals surface area contributed by atoms with Crippen LogP contribution in [0.5, 0.6) is 0 Å². The lowest BCUT2D eigenvalue weighted by Crippen LogP contribution is -2.28. The molecule has 0 bridgehead atoms. The van der Waals surface area contributed by atoms with Gasteiger partial charge in [0.25, 0.3) is 5.91 Å². The van der Waals surface area contributed by atoms with Crippen molar-refractivity contribution in [2.24, 2.45) is 0 Å². The van der Waals surface area contributed by atoms with Gasteiger partial charge < -0.3 is 4.90 Å². The molecule has 4 nitrogen and oxygen atoms in total. The molecule has 1 aliphatic heterocycles. The minimum atomic E-state index is 0.0280. The summed E-state index contributed by atoms with van der Waals surface area (Å²) in [7, 11) is 0. The van der Waals surface area contributed by atoms with Crippen molar-refractivity contribution in [1.29, 1.82) is 0 Å². The van der Waals surface area contributed by atoms with E-state index in [0.29, 0.717) is 11.6 Å². The van der Waals surface area contributed by atoms with Gasteiger partial charge in [-0.2, -0.15) is 5.10 Å². The molecule has 1 amide bonds. The van der Waals surface area contributed by atoms with E-state index in [-0.39, 0.29) is 5.91 Å². The largest absolute Gasteiger partial charge is 0.337 e. The van der Waals surface area contributed by atoms with Crippen molar-refractivity contribution in [3.63, 3.8) is 0 Å². The summed E-state index contributed by atoms with van der Waals surface area (Å²) in [6, 6.07) is 16.5. The molecule has 2 aromatic carbocycles. The third-order valence-corrected chi connectivity index (χ3v) is 4.67. The van der Waals surface area contributed by atoms with Gasteiger partial charge in [-0.1, -0.05) is 42.0 Å². The third kappa shape index (κ3) is 2.50. The number of aromatic amines is 1. The minimum Gasteiger partial charge on any atom is -0.337 e. The third-order valence-electron chi connectivity index (χ3n) is 4.67. The average Bonchev–Trinajstić information content (AvgIpc) is 3.22. The second-order valence-electron chi connectivity index (χ2n) is 6.27. The first-order valence-corrected chi connectivity index (χ1v) is 8.01. The van der Waals surface area contributed by atoms with Crippen molar-refractivity contribution in [3.05, 3.63) is 65.4 Å². The fraction of sp³-hybridized carbons (Fsp3) is 0.263. The molecule has 1 fully saturated rings. The van der Waals surface area contributed by atoms with Gasteiger partial charge in [0.1, 0.15) is 0 Å². The standard InChI is InChI=1S/C19H19N3O/c1-13-7-8-17-16(11-13)18(21-20-17)19(23)22-10-9-15(12-22)14-5-3-2-4-6-14/h2-8,11,15H,9-10,12H2,1H3,(H,20,21)/t15-/m0/s1. The molecule has 116 valence electrons. The molecular weight excluding hydrogens is 286 g/mol.